The van der Waals surface area contributed by atoms with Crippen LogP contribution in [0.5, 0.6) is 0 Å². The molecule has 2 aromatic rings. The second-order valence-corrected chi connectivity index (χ2v) is 5.41. The highest BCUT2D eigenvalue weighted by molar-refractivity contribution is 7.09. The fourth-order valence-corrected chi connectivity index (χ4v) is 2.59. The third-order valence-electron chi connectivity index (χ3n) is 3.01. The van der Waals surface area contributed by atoms with Gasteiger partial charge in [0, 0.05) is 24.8 Å². The SMILES string of the molecule is CCc1nc(CN(C)C(=O)[C@H](C)n2ccnc2)cs1. The van der Waals surface area contributed by atoms with E-state index in [-0.39, 0.29) is 11.9 Å². The molecule has 0 radical (unpaired) electrons. The van der Waals surface area contributed by atoms with Crippen LogP contribution in [0.15, 0.2) is 24.1 Å². The maximum absolute atomic E-state index is 12.3. The zero-order valence-electron chi connectivity index (χ0n) is 11.4. The topological polar surface area (TPSA) is 51.0 Å². The van der Waals surface area contributed by atoms with Gasteiger partial charge in [-0.3, -0.25) is 4.79 Å². The van der Waals surface area contributed by atoms with Crippen molar-refractivity contribution in [2.75, 3.05) is 7.05 Å². The van der Waals surface area contributed by atoms with Crippen molar-refractivity contribution in [1.82, 2.24) is 19.4 Å². The summed E-state index contributed by atoms with van der Waals surface area (Å²) in [5.74, 6) is 0.0593. The smallest absolute Gasteiger partial charge is 0.245 e. The van der Waals surface area contributed by atoms with Crippen LogP contribution >= 0.6 is 11.3 Å². The van der Waals surface area contributed by atoms with Gasteiger partial charge in [-0.25, -0.2) is 9.97 Å². The van der Waals surface area contributed by atoms with Gasteiger partial charge in [-0.05, 0) is 13.3 Å². The molecule has 0 unspecified atom stereocenters. The van der Waals surface area contributed by atoms with Gasteiger partial charge in [0.25, 0.3) is 0 Å². The van der Waals surface area contributed by atoms with Crippen molar-refractivity contribution in [2.45, 2.75) is 32.9 Å². The minimum atomic E-state index is -0.239. The van der Waals surface area contributed by atoms with Crippen LogP contribution in [0.2, 0.25) is 0 Å². The van der Waals surface area contributed by atoms with Crippen LogP contribution in [0, 0.1) is 0 Å². The Labute approximate surface area is 116 Å². The summed E-state index contributed by atoms with van der Waals surface area (Å²) in [6, 6.07) is -0.239. The molecule has 0 bridgehead atoms. The van der Waals surface area contributed by atoms with Gasteiger partial charge in [0.2, 0.25) is 5.91 Å². The maximum atomic E-state index is 12.3. The number of aryl methyl sites for hydroxylation is 1. The highest BCUT2D eigenvalue weighted by Gasteiger charge is 2.19. The number of carbonyl (C=O) groups is 1. The molecule has 0 saturated carbocycles. The number of carbonyl (C=O) groups excluding carboxylic acids is 1. The van der Waals surface area contributed by atoms with E-state index in [0.29, 0.717) is 6.54 Å². The average molecular weight is 278 g/mol. The Kier molecular flexibility index (Phi) is 4.31. The van der Waals surface area contributed by atoms with Crippen LogP contribution < -0.4 is 0 Å². The summed E-state index contributed by atoms with van der Waals surface area (Å²) < 4.78 is 1.80. The molecule has 1 amide bonds. The van der Waals surface area contributed by atoms with E-state index < -0.39 is 0 Å². The minimum Gasteiger partial charge on any atom is -0.338 e. The highest BCUT2D eigenvalue weighted by atomic mass is 32.1. The minimum absolute atomic E-state index is 0.0593. The van der Waals surface area contributed by atoms with Crippen molar-refractivity contribution in [3.63, 3.8) is 0 Å². The van der Waals surface area contributed by atoms with Gasteiger partial charge in [-0.15, -0.1) is 11.3 Å². The molecule has 0 aliphatic carbocycles. The van der Waals surface area contributed by atoms with Crippen LogP contribution in [-0.4, -0.2) is 32.4 Å². The number of amides is 1. The van der Waals surface area contributed by atoms with Crippen LogP contribution in [0.25, 0.3) is 0 Å². The number of imidazole rings is 1. The molecule has 19 heavy (non-hydrogen) atoms. The van der Waals surface area contributed by atoms with Gasteiger partial charge in [-0.1, -0.05) is 6.92 Å². The molecule has 2 heterocycles. The maximum Gasteiger partial charge on any atom is 0.245 e. The predicted molar refractivity (Wildman–Crippen MR) is 74.9 cm³/mol. The monoisotopic (exact) mass is 278 g/mol. The molecule has 2 aromatic heterocycles. The van der Waals surface area contributed by atoms with E-state index in [1.165, 1.54) is 0 Å². The molecule has 102 valence electrons. The first-order valence-electron chi connectivity index (χ1n) is 6.27. The zero-order valence-corrected chi connectivity index (χ0v) is 12.2. The third-order valence-corrected chi connectivity index (χ3v) is 4.05. The van der Waals surface area contributed by atoms with Gasteiger partial charge in [-0.2, -0.15) is 0 Å². The van der Waals surface area contributed by atoms with Crippen molar-refractivity contribution >= 4 is 17.2 Å². The molecule has 6 heteroatoms. The first-order chi connectivity index (χ1) is 9.11. The summed E-state index contributed by atoms with van der Waals surface area (Å²) in [6.45, 7) is 4.51. The third kappa shape index (κ3) is 3.20. The Hall–Kier alpha value is -1.69. The molecule has 0 aliphatic rings. The molecular formula is C13H18N4OS. The molecule has 0 aliphatic heterocycles. The zero-order chi connectivity index (χ0) is 13.8. The fraction of sp³-hybridized carbons (Fsp3) is 0.462. The quantitative estimate of drug-likeness (QED) is 0.842. The number of likely N-dealkylation sites (N-methyl/N-ethyl adjacent to an activating group) is 1. The second kappa shape index (κ2) is 5.97. The normalized spacial score (nSPS) is 12.4. The van der Waals surface area contributed by atoms with Crippen LogP contribution in [0.3, 0.4) is 0 Å². The van der Waals surface area contributed by atoms with Crippen molar-refractivity contribution < 1.29 is 4.79 Å². The number of hydrogen-bond donors (Lipinski definition) is 0. The second-order valence-electron chi connectivity index (χ2n) is 4.47. The molecule has 0 spiro atoms. The summed E-state index contributed by atoms with van der Waals surface area (Å²) >= 11 is 1.65. The number of thiazole rings is 1. The standard InChI is InChI=1S/C13H18N4OS/c1-4-12-15-11(8-19-12)7-16(3)13(18)10(2)17-6-5-14-9-17/h5-6,8-10H,4,7H2,1-3H3/t10-/m0/s1. The van der Waals surface area contributed by atoms with Gasteiger partial charge < -0.3 is 9.47 Å². The summed E-state index contributed by atoms with van der Waals surface area (Å²) in [4.78, 5) is 22.4. The van der Waals surface area contributed by atoms with Gasteiger partial charge in [0.05, 0.1) is 23.6 Å². The predicted octanol–water partition coefficient (Wildman–Crippen LogP) is 2.12. The molecule has 0 saturated heterocycles. The van der Waals surface area contributed by atoms with E-state index in [9.17, 15) is 4.79 Å². The van der Waals surface area contributed by atoms with Gasteiger partial charge >= 0.3 is 0 Å². The first kappa shape index (κ1) is 13.7. The molecule has 0 N–H and O–H groups in total. The molecule has 0 fully saturated rings. The lowest BCUT2D eigenvalue weighted by Crippen LogP contribution is -2.32. The Bertz CT molecular complexity index is 535. The van der Waals surface area contributed by atoms with Gasteiger partial charge in [0.1, 0.15) is 6.04 Å². The fourth-order valence-electron chi connectivity index (χ4n) is 1.85. The number of hydrogen-bond acceptors (Lipinski definition) is 4. The van der Waals surface area contributed by atoms with Crippen molar-refractivity contribution in [3.8, 4) is 0 Å². The average Bonchev–Trinajstić information content (AvgIpc) is 3.07. The van der Waals surface area contributed by atoms with E-state index in [1.54, 1.807) is 46.6 Å². The van der Waals surface area contributed by atoms with Gasteiger partial charge in [0.15, 0.2) is 0 Å². The lowest BCUT2D eigenvalue weighted by molar-refractivity contribution is -0.133. The summed E-state index contributed by atoms with van der Waals surface area (Å²) in [6.07, 6.45) is 6.08. The summed E-state index contributed by atoms with van der Waals surface area (Å²) in [5, 5.41) is 3.13. The summed E-state index contributed by atoms with van der Waals surface area (Å²) in [7, 11) is 1.81. The van der Waals surface area contributed by atoms with E-state index in [0.717, 1.165) is 17.1 Å². The van der Waals surface area contributed by atoms with Crippen molar-refractivity contribution in [3.05, 3.63) is 34.8 Å². The van der Waals surface area contributed by atoms with Crippen molar-refractivity contribution in [2.24, 2.45) is 0 Å². The Morgan fingerprint density at radius 3 is 2.95 bits per heavy atom. The first-order valence-corrected chi connectivity index (χ1v) is 7.15. The van der Waals surface area contributed by atoms with E-state index in [4.69, 9.17) is 0 Å². The van der Waals surface area contributed by atoms with Crippen molar-refractivity contribution in [1.29, 1.82) is 0 Å². The number of nitrogens with zero attached hydrogens (tertiary/aromatic N) is 4. The number of aromatic nitrogens is 3. The molecule has 2 rings (SSSR count). The Morgan fingerprint density at radius 2 is 2.37 bits per heavy atom. The summed E-state index contributed by atoms with van der Waals surface area (Å²) in [5.41, 5.74) is 0.954. The van der Waals surface area contributed by atoms with E-state index in [1.807, 2.05) is 12.3 Å². The molecular weight excluding hydrogens is 260 g/mol. The van der Waals surface area contributed by atoms with E-state index in [2.05, 4.69) is 16.9 Å². The molecule has 5 nitrogen and oxygen atoms in total. The largest absolute Gasteiger partial charge is 0.338 e. The van der Waals surface area contributed by atoms with Crippen LogP contribution in [0.4, 0.5) is 0 Å². The lowest BCUT2D eigenvalue weighted by atomic mass is 10.3. The Balaban J connectivity index is 1.99. The molecule has 0 aromatic carbocycles. The highest BCUT2D eigenvalue weighted by Crippen LogP contribution is 2.14. The Morgan fingerprint density at radius 1 is 1.58 bits per heavy atom. The van der Waals surface area contributed by atoms with Crippen LogP contribution in [0.1, 0.15) is 30.6 Å². The van der Waals surface area contributed by atoms with Crippen LogP contribution in [-0.2, 0) is 17.8 Å². The van der Waals surface area contributed by atoms with E-state index >= 15 is 0 Å². The lowest BCUT2D eigenvalue weighted by Gasteiger charge is -2.21. The molecule has 1 atom stereocenters. The number of rotatable bonds is 5.